The Morgan fingerprint density at radius 3 is 2.55 bits per heavy atom. The van der Waals surface area contributed by atoms with Crippen LogP contribution in [-0.2, 0) is 19.1 Å². The highest BCUT2D eigenvalue weighted by Gasteiger charge is 2.25. The monoisotopic (exact) mass is 542 g/mol. The summed E-state index contributed by atoms with van der Waals surface area (Å²) in [5, 5.41) is 3.47. The molecule has 1 atom stereocenters. The van der Waals surface area contributed by atoms with E-state index >= 15 is 0 Å². The van der Waals surface area contributed by atoms with E-state index in [-0.39, 0.29) is 31.1 Å². The van der Waals surface area contributed by atoms with E-state index < -0.39 is 5.91 Å². The Morgan fingerprint density at radius 1 is 1.13 bits per heavy atom. The van der Waals surface area contributed by atoms with Gasteiger partial charge in [0.25, 0.3) is 0 Å². The minimum absolute atomic E-state index is 0.103. The van der Waals surface area contributed by atoms with Gasteiger partial charge in [-0.15, -0.1) is 0 Å². The van der Waals surface area contributed by atoms with Crippen molar-refractivity contribution in [1.82, 2.24) is 14.5 Å². The molecule has 11 heteroatoms. The van der Waals surface area contributed by atoms with E-state index in [4.69, 9.17) is 30.5 Å². The van der Waals surface area contributed by atoms with Gasteiger partial charge in [0.05, 0.1) is 31.7 Å². The maximum Gasteiger partial charge on any atom is 0.249 e. The topological polar surface area (TPSA) is 104 Å². The number of nitrogens with one attached hydrogen (secondary N) is 1. The molecule has 10 nitrogen and oxygen atoms in total. The first kappa shape index (κ1) is 27.4. The van der Waals surface area contributed by atoms with Crippen molar-refractivity contribution < 1.29 is 28.5 Å². The predicted octanol–water partition coefficient (Wildman–Crippen LogP) is 3.80. The number of methoxy groups -OCH3 is 3. The molecule has 3 aromatic rings. The number of anilines is 1. The number of nitrogens with zero attached hydrogens (tertiary/aromatic N) is 3. The molecule has 1 aromatic heterocycles. The molecule has 0 aliphatic carbocycles. The lowest BCUT2D eigenvalue weighted by Crippen LogP contribution is -2.44. The lowest BCUT2D eigenvalue weighted by Gasteiger charge is -2.24. The Hall–Kier alpha value is -3.60. The van der Waals surface area contributed by atoms with Crippen molar-refractivity contribution >= 4 is 29.4 Å². The zero-order valence-electron chi connectivity index (χ0n) is 21.6. The minimum atomic E-state index is -0.401. The minimum Gasteiger partial charge on any atom is -0.493 e. The molecule has 1 saturated heterocycles. The van der Waals surface area contributed by atoms with Crippen molar-refractivity contribution in [2.45, 2.75) is 18.9 Å². The largest absolute Gasteiger partial charge is 0.493 e. The Kier molecular flexibility index (Phi) is 9.22. The second kappa shape index (κ2) is 12.8. The Morgan fingerprint density at radius 2 is 1.89 bits per heavy atom. The van der Waals surface area contributed by atoms with E-state index in [1.807, 2.05) is 18.2 Å². The van der Waals surface area contributed by atoms with E-state index in [0.29, 0.717) is 41.1 Å². The molecule has 1 N–H and O–H groups in total. The van der Waals surface area contributed by atoms with Crippen molar-refractivity contribution in [3.8, 4) is 28.4 Å². The van der Waals surface area contributed by atoms with Crippen LogP contribution in [0.4, 0.5) is 5.95 Å². The van der Waals surface area contributed by atoms with Crippen LogP contribution < -0.4 is 14.8 Å². The average molecular weight is 543 g/mol. The first-order chi connectivity index (χ1) is 18.4. The third-order valence-corrected chi connectivity index (χ3v) is 6.40. The van der Waals surface area contributed by atoms with Crippen LogP contribution in [0.3, 0.4) is 0 Å². The van der Waals surface area contributed by atoms with E-state index in [2.05, 4.69) is 10.3 Å². The second-order valence-corrected chi connectivity index (χ2v) is 9.19. The number of hydrogen-bond donors (Lipinski definition) is 1. The lowest BCUT2D eigenvalue weighted by molar-refractivity contribution is -0.139. The first-order valence-electron chi connectivity index (χ1n) is 12.2. The molecule has 2 aromatic carbocycles. The normalized spacial score (nSPS) is 14.8. The van der Waals surface area contributed by atoms with Gasteiger partial charge in [-0.2, -0.15) is 0 Å². The molecule has 0 radical (unpaired) electrons. The molecule has 1 aliphatic rings. The summed E-state index contributed by atoms with van der Waals surface area (Å²) in [6, 6.07) is 12.6. The third-order valence-electron chi connectivity index (χ3n) is 6.15. The highest BCUT2D eigenvalue weighted by atomic mass is 35.5. The fourth-order valence-corrected chi connectivity index (χ4v) is 4.37. The van der Waals surface area contributed by atoms with Crippen LogP contribution in [-0.4, -0.2) is 80.0 Å². The van der Waals surface area contributed by atoms with Gasteiger partial charge in [-0.1, -0.05) is 23.7 Å². The van der Waals surface area contributed by atoms with Gasteiger partial charge in [0.1, 0.15) is 13.2 Å². The Labute approximate surface area is 226 Å². The summed E-state index contributed by atoms with van der Waals surface area (Å²) in [4.78, 5) is 32.0. The smallest absolute Gasteiger partial charge is 0.249 e. The molecule has 0 bridgehead atoms. The summed E-state index contributed by atoms with van der Waals surface area (Å²) in [6.07, 6.45) is 3.47. The fraction of sp³-hybridized carbons (Fsp3) is 0.370. The summed E-state index contributed by atoms with van der Waals surface area (Å²) in [6.45, 7) is 0.674. The number of halogens is 1. The molecule has 2 heterocycles. The summed E-state index contributed by atoms with van der Waals surface area (Å²) >= 11 is 6.06. The van der Waals surface area contributed by atoms with Crippen molar-refractivity contribution in [2.75, 3.05) is 52.9 Å². The second-order valence-electron chi connectivity index (χ2n) is 8.76. The number of ether oxygens (including phenoxy) is 4. The number of carbonyl (C=O) groups excluding carboxylic acids is 2. The molecule has 38 heavy (non-hydrogen) atoms. The summed E-state index contributed by atoms with van der Waals surface area (Å²) in [5.74, 6) is 0.687. The van der Waals surface area contributed by atoms with Crippen LogP contribution in [0.1, 0.15) is 12.8 Å². The highest BCUT2D eigenvalue weighted by molar-refractivity contribution is 6.30. The van der Waals surface area contributed by atoms with Gasteiger partial charge in [-0.05, 0) is 37.1 Å². The van der Waals surface area contributed by atoms with E-state index in [1.54, 1.807) is 49.2 Å². The summed E-state index contributed by atoms with van der Waals surface area (Å²) in [7, 11) is 4.56. The molecular weight excluding hydrogens is 512 g/mol. The Balaban J connectivity index is 1.63. The maximum atomic E-state index is 13.2. The van der Waals surface area contributed by atoms with Crippen molar-refractivity contribution in [1.29, 1.82) is 0 Å². The average Bonchev–Trinajstić information content (AvgIpc) is 3.58. The molecule has 2 amide bonds. The molecule has 0 saturated carbocycles. The predicted molar refractivity (Wildman–Crippen MR) is 143 cm³/mol. The van der Waals surface area contributed by atoms with Gasteiger partial charge < -0.3 is 23.8 Å². The third kappa shape index (κ3) is 6.63. The van der Waals surface area contributed by atoms with Gasteiger partial charge >= 0.3 is 0 Å². The number of amides is 2. The van der Waals surface area contributed by atoms with Gasteiger partial charge in [-0.3, -0.25) is 19.5 Å². The van der Waals surface area contributed by atoms with Gasteiger partial charge in [0.2, 0.25) is 17.8 Å². The first-order valence-corrected chi connectivity index (χ1v) is 12.6. The van der Waals surface area contributed by atoms with Crippen molar-refractivity contribution in [3.63, 3.8) is 0 Å². The number of aromatic nitrogens is 2. The highest BCUT2D eigenvalue weighted by Crippen LogP contribution is 2.32. The molecule has 0 unspecified atom stereocenters. The zero-order valence-corrected chi connectivity index (χ0v) is 22.4. The van der Waals surface area contributed by atoms with E-state index in [1.165, 1.54) is 12.0 Å². The Bertz CT molecular complexity index is 1260. The quantitative estimate of drug-likeness (QED) is 0.393. The van der Waals surface area contributed by atoms with Crippen LogP contribution in [0.2, 0.25) is 5.02 Å². The molecule has 0 spiro atoms. The van der Waals surface area contributed by atoms with Crippen LogP contribution in [0.25, 0.3) is 16.9 Å². The number of benzene rings is 2. The van der Waals surface area contributed by atoms with Crippen molar-refractivity contribution in [3.05, 3.63) is 53.7 Å². The van der Waals surface area contributed by atoms with Gasteiger partial charge in [-0.25, -0.2) is 4.98 Å². The molecule has 4 rings (SSSR count). The van der Waals surface area contributed by atoms with Gasteiger partial charge in [0, 0.05) is 43.1 Å². The van der Waals surface area contributed by atoms with E-state index in [0.717, 1.165) is 18.4 Å². The number of rotatable bonds is 11. The SMILES string of the molecule is COCC(=O)N(CC(=O)Nc1nc(-c2ccc(Cl)cc2)cn1-c1ccc(OC)c(OC)c1)C[C@H]1CCCO1. The van der Waals surface area contributed by atoms with E-state index in [9.17, 15) is 9.59 Å². The van der Waals surface area contributed by atoms with Crippen LogP contribution in [0.15, 0.2) is 48.7 Å². The summed E-state index contributed by atoms with van der Waals surface area (Å²) < 4.78 is 23.3. The number of carbonyl (C=O) groups is 2. The number of imidazole rings is 1. The molecular formula is C27H31ClN4O6. The lowest BCUT2D eigenvalue weighted by atomic mass is 10.2. The van der Waals surface area contributed by atoms with Crippen LogP contribution >= 0.6 is 11.6 Å². The summed E-state index contributed by atoms with van der Waals surface area (Å²) in [5.41, 5.74) is 2.13. The number of hydrogen-bond acceptors (Lipinski definition) is 7. The molecule has 1 aliphatic heterocycles. The standard InChI is InChI=1S/C27H31ClN4O6/c1-35-17-26(34)31(14-21-5-4-12-38-21)16-25(33)30-27-29-22(18-6-8-19(28)9-7-18)15-32(27)20-10-11-23(36-2)24(13-20)37-3/h6-11,13,15,21H,4-5,12,14,16-17H2,1-3H3,(H,29,30,33)/t21-/m1/s1. The molecule has 1 fully saturated rings. The van der Waals surface area contributed by atoms with Crippen LogP contribution in [0, 0.1) is 0 Å². The fourth-order valence-electron chi connectivity index (χ4n) is 4.24. The molecule has 202 valence electrons. The van der Waals surface area contributed by atoms with Crippen LogP contribution in [0.5, 0.6) is 11.5 Å². The zero-order chi connectivity index (χ0) is 27.1. The van der Waals surface area contributed by atoms with Gasteiger partial charge in [0.15, 0.2) is 11.5 Å². The van der Waals surface area contributed by atoms with Crippen molar-refractivity contribution in [2.24, 2.45) is 0 Å². The maximum absolute atomic E-state index is 13.2.